The Balaban J connectivity index is 0.000000188. The zero-order valence-corrected chi connectivity index (χ0v) is 42.1. The predicted octanol–water partition coefficient (Wildman–Crippen LogP) is 7.62. The minimum atomic E-state index is -1.38. The number of aromatic nitrogens is 8. The van der Waals surface area contributed by atoms with Gasteiger partial charge in [-0.2, -0.15) is 0 Å². The Hall–Kier alpha value is -7.97. The van der Waals surface area contributed by atoms with Gasteiger partial charge in [-0.15, -0.1) is 0 Å². The quantitative estimate of drug-likeness (QED) is 0.100. The monoisotopic (exact) mass is 946 g/mol. The summed E-state index contributed by atoms with van der Waals surface area (Å²) < 4.78 is 8.83. The van der Waals surface area contributed by atoms with E-state index in [1.54, 1.807) is 0 Å². The van der Waals surface area contributed by atoms with Crippen molar-refractivity contribution in [3.05, 3.63) is 166 Å². The minimum absolute atomic E-state index is 0. The number of fused-ring (bicyclic) bond motifs is 4. The molecule has 10 aromatic rings. The standard InChI is InChI=1S/2C29H26N4O2.Mg/c2*1-4-7-26-31-28-19(2)16-22(29-30-23-8-5-6-9-24(23)32(29)3)17-25(28)33(26)18-21-12-10-20(11-13-21)14-15-27(34)35;/h2*5-6,8-13,16-17H,4,7,18H2,1-3H3,(H,34,35);/q;;+2/p-2. The molecule has 13 heteroatoms. The van der Waals surface area contributed by atoms with Crippen molar-refractivity contribution in [2.45, 2.75) is 66.5 Å². The zero-order chi connectivity index (χ0) is 49.1. The van der Waals surface area contributed by atoms with Crippen molar-refractivity contribution < 1.29 is 19.8 Å². The first-order valence-corrected chi connectivity index (χ1v) is 23.4. The molecule has 71 heavy (non-hydrogen) atoms. The van der Waals surface area contributed by atoms with Crippen molar-refractivity contribution in [3.63, 3.8) is 0 Å². The molecule has 4 aromatic heterocycles. The average Bonchev–Trinajstić information content (AvgIpc) is 4.09. The molecule has 0 bridgehead atoms. The fraction of sp³-hybridized carbons (Fsp3) is 0.207. The third-order valence-electron chi connectivity index (χ3n) is 12.5. The Labute approximate surface area is 428 Å². The van der Waals surface area contributed by atoms with Gasteiger partial charge in [0.05, 0.1) is 44.1 Å². The minimum Gasteiger partial charge on any atom is -0.537 e. The number of hydrogen-bond acceptors (Lipinski definition) is 8. The smallest absolute Gasteiger partial charge is 0.537 e. The maximum atomic E-state index is 10.6. The molecule has 0 aliphatic rings. The van der Waals surface area contributed by atoms with Crippen LogP contribution in [0, 0.1) is 37.5 Å². The van der Waals surface area contributed by atoms with Crippen LogP contribution in [0.25, 0.3) is 66.9 Å². The molecule has 348 valence electrons. The summed E-state index contributed by atoms with van der Waals surface area (Å²) in [6.07, 6.45) is 3.76. The van der Waals surface area contributed by atoms with Crippen LogP contribution < -0.4 is 10.2 Å². The largest absolute Gasteiger partial charge is 2.00 e. The van der Waals surface area contributed by atoms with E-state index < -0.39 is 11.9 Å². The summed E-state index contributed by atoms with van der Waals surface area (Å²) in [5, 5.41) is 21.2. The molecule has 6 aromatic carbocycles. The Morgan fingerprint density at radius 3 is 1.25 bits per heavy atom. The average molecular weight is 947 g/mol. The normalized spacial score (nSPS) is 10.9. The van der Waals surface area contributed by atoms with E-state index in [1.807, 2.05) is 84.9 Å². The van der Waals surface area contributed by atoms with E-state index in [1.165, 1.54) is 0 Å². The summed E-state index contributed by atoms with van der Waals surface area (Å²) in [7, 11) is 4.10. The molecule has 0 unspecified atom stereocenters. The summed E-state index contributed by atoms with van der Waals surface area (Å²) in [6, 6.07) is 40.3. The van der Waals surface area contributed by atoms with Gasteiger partial charge in [0.15, 0.2) is 0 Å². The van der Waals surface area contributed by atoms with Crippen molar-refractivity contribution >= 4 is 79.1 Å². The molecular formula is C58H50MgN8O4. The second kappa shape index (κ2) is 21.3. The fourth-order valence-corrected chi connectivity index (χ4v) is 9.13. The third-order valence-corrected chi connectivity index (χ3v) is 12.5. The fourth-order valence-electron chi connectivity index (χ4n) is 9.13. The molecule has 10 rings (SSSR count). The van der Waals surface area contributed by atoms with E-state index in [0.29, 0.717) is 24.2 Å². The number of imidazole rings is 4. The van der Waals surface area contributed by atoms with E-state index in [4.69, 9.17) is 19.9 Å². The molecule has 0 atom stereocenters. The Morgan fingerprint density at radius 2 is 0.901 bits per heavy atom. The van der Waals surface area contributed by atoms with Crippen molar-refractivity contribution in [2.24, 2.45) is 14.1 Å². The maximum Gasteiger partial charge on any atom is 2.00 e. The number of benzene rings is 6. The van der Waals surface area contributed by atoms with Crippen molar-refractivity contribution in [1.29, 1.82) is 0 Å². The second-order valence-corrected chi connectivity index (χ2v) is 17.5. The summed E-state index contributed by atoms with van der Waals surface area (Å²) in [4.78, 5) is 41.0. The van der Waals surface area contributed by atoms with Gasteiger partial charge in [-0.05, 0) is 134 Å². The van der Waals surface area contributed by atoms with E-state index in [-0.39, 0.29) is 23.1 Å². The number of hydrogen-bond donors (Lipinski definition) is 0. The van der Waals surface area contributed by atoms with Gasteiger partial charge in [0.25, 0.3) is 0 Å². The molecule has 0 saturated heterocycles. The number of para-hydroxylation sites is 4. The van der Waals surface area contributed by atoms with Gasteiger partial charge in [0.1, 0.15) is 35.2 Å². The topological polar surface area (TPSA) is 152 Å². The number of carbonyl (C=O) groups is 2. The van der Waals surface area contributed by atoms with Crippen LogP contribution in [-0.2, 0) is 49.6 Å². The molecule has 0 saturated carbocycles. The molecular weight excluding hydrogens is 897 g/mol. The van der Waals surface area contributed by atoms with E-state index in [0.717, 1.165) is 126 Å². The number of aryl methyl sites for hydroxylation is 6. The van der Waals surface area contributed by atoms with E-state index in [9.17, 15) is 19.8 Å². The zero-order valence-electron chi connectivity index (χ0n) is 40.7. The molecule has 0 aliphatic carbocycles. The summed E-state index contributed by atoms with van der Waals surface area (Å²) in [6.45, 7) is 9.84. The van der Waals surface area contributed by atoms with Crippen LogP contribution in [0.5, 0.6) is 0 Å². The van der Waals surface area contributed by atoms with Gasteiger partial charge in [-0.3, -0.25) is 0 Å². The summed E-state index contributed by atoms with van der Waals surface area (Å²) in [5.74, 6) is 10.5. The van der Waals surface area contributed by atoms with Crippen LogP contribution in [0.2, 0.25) is 0 Å². The molecule has 0 fully saturated rings. The van der Waals surface area contributed by atoms with Crippen LogP contribution in [0.15, 0.2) is 121 Å². The third kappa shape index (κ3) is 10.5. The predicted molar refractivity (Wildman–Crippen MR) is 277 cm³/mol. The second-order valence-electron chi connectivity index (χ2n) is 17.5. The van der Waals surface area contributed by atoms with Gasteiger partial charge < -0.3 is 38.1 Å². The molecule has 4 heterocycles. The van der Waals surface area contributed by atoms with Crippen LogP contribution in [0.1, 0.15) is 71.7 Å². The van der Waals surface area contributed by atoms with Gasteiger partial charge in [0, 0.05) is 62.3 Å². The number of carbonyl (C=O) groups excluding carboxylic acids is 2. The Kier molecular flexibility index (Phi) is 14.9. The molecule has 0 radical (unpaired) electrons. The van der Waals surface area contributed by atoms with Crippen molar-refractivity contribution in [1.82, 2.24) is 38.2 Å². The molecule has 0 aliphatic heterocycles. The van der Waals surface area contributed by atoms with E-state index in [2.05, 4.69) is 120 Å². The molecule has 0 spiro atoms. The van der Waals surface area contributed by atoms with E-state index >= 15 is 0 Å². The summed E-state index contributed by atoms with van der Waals surface area (Å²) >= 11 is 0. The van der Waals surface area contributed by atoms with Crippen LogP contribution >= 0.6 is 0 Å². The summed E-state index contributed by atoms with van der Waals surface area (Å²) in [5.41, 5.74) is 16.1. The van der Waals surface area contributed by atoms with Gasteiger partial charge in [-0.25, -0.2) is 19.9 Å². The van der Waals surface area contributed by atoms with Gasteiger partial charge in [0.2, 0.25) is 0 Å². The first-order chi connectivity index (χ1) is 33.9. The number of nitrogens with zero attached hydrogens (tertiary/aromatic N) is 8. The van der Waals surface area contributed by atoms with Gasteiger partial charge in [-0.1, -0.05) is 74.2 Å². The number of carboxylic acid groups (broad SMARTS) is 2. The van der Waals surface area contributed by atoms with Crippen LogP contribution in [0.3, 0.4) is 0 Å². The molecule has 0 N–H and O–H groups in total. The molecule has 12 nitrogen and oxygen atoms in total. The Morgan fingerprint density at radius 1 is 0.521 bits per heavy atom. The first kappa shape index (κ1) is 49.4. The Bertz CT molecular complexity index is 3510. The van der Waals surface area contributed by atoms with Crippen LogP contribution in [-0.4, -0.2) is 73.2 Å². The molecule has 0 amide bonds. The van der Waals surface area contributed by atoms with Crippen LogP contribution in [0.4, 0.5) is 0 Å². The number of carboxylic acids is 2. The first-order valence-electron chi connectivity index (χ1n) is 23.4. The van der Waals surface area contributed by atoms with Gasteiger partial charge >= 0.3 is 23.1 Å². The number of aliphatic carboxylic acids is 2. The maximum absolute atomic E-state index is 10.6. The SMILES string of the molecule is CCCc1nc2c(C)cc(-c3nc4ccccc4n3C)cc2n1Cc1ccc(C#CC(=O)[O-])cc1.CCCc1nc2c(C)cc(-c3nc4ccccc4n3C)cc2n1Cc1ccc(C#CC(=O)[O-])cc1.[Mg+2]. The van der Waals surface area contributed by atoms with Crippen molar-refractivity contribution in [2.75, 3.05) is 0 Å². The number of rotatable bonds is 10. The van der Waals surface area contributed by atoms with Crippen molar-refractivity contribution in [3.8, 4) is 46.5 Å².